The van der Waals surface area contributed by atoms with Crippen molar-refractivity contribution in [3.63, 3.8) is 0 Å². The number of rotatable bonds is 3. The van der Waals surface area contributed by atoms with Crippen molar-refractivity contribution in [1.82, 2.24) is 4.31 Å². The minimum atomic E-state index is -3.55. The third kappa shape index (κ3) is 3.13. The molecule has 1 fully saturated rings. The van der Waals surface area contributed by atoms with Crippen molar-refractivity contribution in [2.75, 3.05) is 13.1 Å². The first-order valence-electron chi connectivity index (χ1n) is 9.51. The first-order chi connectivity index (χ1) is 13.3. The fraction of sp³-hybridized carbons (Fsp3) is 0.381. The Kier molecular flexibility index (Phi) is 4.77. The third-order valence-corrected chi connectivity index (χ3v) is 7.67. The molecule has 4 rings (SSSR count). The molecule has 2 aromatic carbocycles. The number of nitrogens with two attached hydrogens (primary N) is 1. The quantitative estimate of drug-likeness (QED) is 0.828. The number of aliphatic imine (C=N–C) groups is 1. The molecule has 148 valence electrons. The molecular weight excluding hydrogens is 374 g/mol. The number of hydrogen-bond acceptors (Lipinski definition) is 5. The van der Waals surface area contributed by atoms with Crippen LogP contribution in [0.3, 0.4) is 0 Å². The maximum atomic E-state index is 13.0. The van der Waals surface area contributed by atoms with E-state index in [4.69, 9.17) is 5.73 Å². The molecule has 2 aliphatic rings. The van der Waals surface area contributed by atoms with Crippen LogP contribution in [0.15, 0.2) is 40.2 Å². The summed E-state index contributed by atoms with van der Waals surface area (Å²) in [4.78, 5) is 4.61. The van der Waals surface area contributed by atoms with E-state index in [1.807, 2.05) is 26.0 Å². The van der Waals surface area contributed by atoms with Crippen molar-refractivity contribution in [2.45, 2.75) is 44.2 Å². The van der Waals surface area contributed by atoms with Crippen LogP contribution >= 0.6 is 0 Å². The third-order valence-electron chi connectivity index (χ3n) is 5.78. The summed E-state index contributed by atoms with van der Waals surface area (Å²) in [7, 11) is -3.55. The second kappa shape index (κ2) is 6.99. The van der Waals surface area contributed by atoms with Gasteiger partial charge in [0, 0.05) is 18.7 Å². The van der Waals surface area contributed by atoms with Gasteiger partial charge in [-0.25, -0.2) is 8.42 Å². The van der Waals surface area contributed by atoms with Crippen molar-refractivity contribution >= 4 is 15.9 Å². The highest BCUT2D eigenvalue weighted by Gasteiger charge is 2.29. The molecule has 0 unspecified atom stereocenters. The molecule has 6 nitrogen and oxygen atoms in total. The number of benzene rings is 2. The fourth-order valence-corrected chi connectivity index (χ4v) is 5.68. The summed E-state index contributed by atoms with van der Waals surface area (Å²) in [6, 6.07) is 9.39. The molecule has 1 saturated heterocycles. The largest absolute Gasteiger partial charge is 0.393 e. The monoisotopic (exact) mass is 399 g/mol. The summed E-state index contributed by atoms with van der Waals surface area (Å²) in [6.45, 7) is 5.28. The Morgan fingerprint density at radius 1 is 1.11 bits per heavy atom. The number of aliphatic hydroxyl groups excluding tert-OH is 1. The van der Waals surface area contributed by atoms with Crippen LogP contribution in [-0.2, 0) is 16.6 Å². The standard InChI is InChI=1S/C21H25N3O3S/c1-13-11-17(28(26,27)24-9-7-16(25)8-10-24)4-6-18(13)19-5-3-15-12-23-21(22)20(15)14(19)2/h3-6,11,16,25H,7-10,12H2,1-2H3,(H2,22,23). The number of nitrogens with zero attached hydrogens (tertiary/aromatic N) is 2. The van der Waals surface area contributed by atoms with Gasteiger partial charge in [0.2, 0.25) is 10.0 Å². The second-order valence-corrected chi connectivity index (χ2v) is 9.52. The van der Waals surface area contributed by atoms with Crippen molar-refractivity contribution in [1.29, 1.82) is 0 Å². The van der Waals surface area contributed by atoms with Gasteiger partial charge in [-0.2, -0.15) is 4.31 Å². The van der Waals surface area contributed by atoms with E-state index in [1.165, 1.54) is 4.31 Å². The highest BCUT2D eigenvalue weighted by Crippen LogP contribution is 2.34. The first-order valence-corrected chi connectivity index (χ1v) is 10.9. The molecule has 0 aliphatic carbocycles. The molecule has 0 amide bonds. The normalized spacial score (nSPS) is 18.2. The number of fused-ring (bicyclic) bond motifs is 1. The van der Waals surface area contributed by atoms with Gasteiger partial charge in [-0.1, -0.05) is 18.2 Å². The Morgan fingerprint density at radius 2 is 1.79 bits per heavy atom. The Labute approximate surface area is 165 Å². The van der Waals surface area contributed by atoms with Gasteiger partial charge in [-0.15, -0.1) is 0 Å². The number of aliphatic hydroxyl groups is 1. The Morgan fingerprint density at radius 3 is 2.46 bits per heavy atom. The Hall–Kier alpha value is -2.22. The molecule has 0 saturated carbocycles. The zero-order valence-electron chi connectivity index (χ0n) is 16.1. The zero-order chi connectivity index (χ0) is 20.1. The molecule has 2 aliphatic heterocycles. The molecule has 0 bridgehead atoms. The summed E-state index contributed by atoms with van der Waals surface area (Å²) in [6.07, 6.45) is 0.551. The molecule has 0 aromatic heterocycles. The first kappa shape index (κ1) is 19.1. The second-order valence-electron chi connectivity index (χ2n) is 7.59. The van der Waals surface area contributed by atoms with Gasteiger partial charge >= 0.3 is 0 Å². The highest BCUT2D eigenvalue weighted by atomic mass is 32.2. The SMILES string of the molecule is Cc1cc(S(=O)(=O)N2CCC(O)CC2)ccc1-c1ccc2c(c1C)C(N)=NC2. The summed E-state index contributed by atoms with van der Waals surface area (Å²) < 4.78 is 27.4. The Bertz CT molecular complexity index is 1070. The molecule has 2 heterocycles. The van der Waals surface area contributed by atoms with Gasteiger partial charge in [0.15, 0.2) is 0 Å². The summed E-state index contributed by atoms with van der Waals surface area (Å²) >= 11 is 0. The summed E-state index contributed by atoms with van der Waals surface area (Å²) in [5, 5.41) is 9.64. The lowest BCUT2D eigenvalue weighted by molar-refractivity contribution is 0.113. The Balaban J connectivity index is 1.70. The molecule has 28 heavy (non-hydrogen) atoms. The van der Waals surface area contributed by atoms with E-state index in [-0.39, 0.29) is 0 Å². The van der Waals surface area contributed by atoms with Crippen molar-refractivity contribution < 1.29 is 13.5 Å². The van der Waals surface area contributed by atoms with E-state index in [0.717, 1.165) is 33.4 Å². The van der Waals surface area contributed by atoms with Crippen molar-refractivity contribution in [2.24, 2.45) is 10.7 Å². The van der Waals surface area contributed by atoms with Gasteiger partial charge in [-0.05, 0) is 66.6 Å². The number of aryl methyl sites for hydroxylation is 1. The number of piperidine rings is 1. The molecule has 2 aromatic rings. The van der Waals surface area contributed by atoms with Crippen LogP contribution in [0.25, 0.3) is 11.1 Å². The van der Waals surface area contributed by atoms with E-state index >= 15 is 0 Å². The summed E-state index contributed by atoms with van der Waals surface area (Å²) in [5.41, 5.74) is 12.2. The van der Waals surface area contributed by atoms with Crippen LogP contribution in [0.5, 0.6) is 0 Å². The van der Waals surface area contributed by atoms with Crippen molar-refractivity contribution in [3.8, 4) is 11.1 Å². The lowest BCUT2D eigenvalue weighted by Gasteiger charge is -2.29. The van der Waals surface area contributed by atoms with Crippen LogP contribution in [0.1, 0.15) is 35.1 Å². The van der Waals surface area contributed by atoms with Gasteiger partial charge in [0.05, 0.1) is 17.5 Å². The lowest BCUT2D eigenvalue weighted by Crippen LogP contribution is -2.40. The minimum absolute atomic E-state index is 0.296. The zero-order valence-corrected chi connectivity index (χ0v) is 17.0. The van der Waals surface area contributed by atoms with Gasteiger partial charge in [-0.3, -0.25) is 4.99 Å². The summed E-state index contributed by atoms with van der Waals surface area (Å²) in [5.74, 6) is 0.568. The van der Waals surface area contributed by atoms with Crippen molar-refractivity contribution in [3.05, 3.63) is 52.6 Å². The van der Waals surface area contributed by atoms with Crippen LogP contribution in [-0.4, -0.2) is 42.9 Å². The number of hydrogen-bond donors (Lipinski definition) is 2. The van der Waals surface area contributed by atoms with Gasteiger partial charge in [0.25, 0.3) is 0 Å². The lowest BCUT2D eigenvalue weighted by atomic mass is 9.91. The van der Waals surface area contributed by atoms with Gasteiger partial charge < -0.3 is 10.8 Å². The molecule has 3 N–H and O–H groups in total. The average Bonchev–Trinajstić information content (AvgIpc) is 3.04. The van der Waals surface area contributed by atoms with Crippen LogP contribution in [0, 0.1) is 13.8 Å². The van der Waals surface area contributed by atoms with E-state index in [9.17, 15) is 13.5 Å². The number of sulfonamides is 1. The minimum Gasteiger partial charge on any atom is -0.393 e. The smallest absolute Gasteiger partial charge is 0.243 e. The van der Waals surface area contributed by atoms with Gasteiger partial charge in [0.1, 0.15) is 5.84 Å². The van der Waals surface area contributed by atoms with Crippen LogP contribution in [0.2, 0.25) is 0 Å². The molecule has 0 radical (unpaired) electrons. The molecular formula is C21H25N3O3S. The molecule has 0 atom stereocenters. The fourth-order valence-electron chi connectivity index (χ4n) is 4.13. The maximum Gasteiger partial charge on any atom is 0.243 e. The maximum absolute atomic E-state index is 13.0. The predicted molar refractivity (Wildman–Crippen MR) is 110 cm³/mol. The van der Waals surface area contributed by atoms with E-state index in [1.54, 1.807) is 12.1 Å². The number of amidine groups is 1. The predicted octanol–water partition coefficient (Wildman–Crippen LogP) is 2.33. The van der Waals surface area contributed by atoms with E-state index in [2.05, 4.69) is 11.1 Å². The topological polar surface area (TPSA) is 96.0 Å². The van der Waals surface area contributed by atoms with Crippen LogP contribution in [0.4, 0.5) is 0 Å². The molecule has 0 spiro atoms. The highest BCUT2D eigenvalue weighted by molar-refractivity contribution is 7.89. The average molecular weight is 400 g/mol. The molecule has 7 heteroatoms. The van der Waals surface area contributed by atoms with E-state index in [0.29, 0.717) is 43.2 Å². The van der Waals surface area contributed by atoms with E-state index < -0.39 is 16.1 Å². The van der Waals surface area contributed by atoms with Crippen LogP contribution < -0.4 is 5.73 Å².